The van der Waals surface area contributed by atoms with Crippen LogP contribution in [0.5, 0.6) is 11.5 Å². The van der Waals surface area contributed by atoms with E-state index < -0.39 is 10.8 Å². The Morgan fingerprint density at radius 1 is 0.932 bits per heavy atom. The lowest BCUT2D eigenvalue weighted by molar-refractivity contribution is -0.113. The summed E-state index contributed by atoms with van der Waals surface area (Å²) < 4.78 is 31.9. The summed E-state index contributed by atoms with van der Waals surface area (Å²) in [6.45, 7) is 6.97. The van der Waals surface area contributed by atoms with Gasteiger partial charge in [-0.05, 0) is 78.1 Å². The number of unbranched alkanes of at least 4 members (excludes halogenated alkanes) is 1. The van der Waals surface area contributed by atoms with Crippen LogP contribution in [0.1, 0.15) is 49.9 Å². The van der Waals surface area contributed by atoms with Crippen molar-refractivity contribution in [1.29, 1.82) is 0 Å². The van der Waals surface area contributed by atoms with E-state index in [0.717, 1.165) is 71.0 Å². The molecule has 0 amide bonds. The number of nitrogens with zero attached hydrogens (tertiary/aromatic N) is 2. The van der Waals surface area contributed by atoms with Crippen molar-refractivity contribution in [3.8, 4) is 22.6 Å². The predicted molar refractivity (Wildman–Crippen MR) is 176 cm³/mol. The second-order valence-corrected chi connectivity index (χ2v) is 11.9. The Hall–Kier alpha value is -4.01. The average molecular weight is 615 g/mol. The molecule has 0 aliphatic carbocycles. The van der Waals surface area contributed by atoms with Crippen molar-refractivity contribution >= 4 is 22.7 Å². The molecule has 0 bridgehead atoms. The second-order valence-electron chi connectivity index (χ2n) is 10.5. The normalized spacial score (nSPS) is 12.0. The van der Waals surface area contributed by atoms with Gasteiger partial charge < -0.3 is 18.8 Å². The van der Waals surface area contributed by atoms with Crippen molar-refractivity contribution in [3.05, 3.63) is 102 Å². The van der Waals surface area contributed by atoms with E-state index >= 15 is 0 Å². The molecular weight excluding hydrogens is 572 g/mol. The molecule has 0 radical (unpaired) electrons. The van der Waals surface area contributed by atoms with Crippen LogP contribution in [-0.2, 0) is 39.0 Å². The van der Waals surface area contributed by atoms with Crippen LogP contribution < -0.4 is 9.47 Å². The quantitative estimate of drug-likeness (QED) is 0.0865. The molecule has 1 heterocycles. The van der Waals surface area contributed by atoms with Crippen molar-refractivity contribution in [3.63, 3.8) is 0 Å². The summed E-state index contributed by atoms with van der Waals surface area (Å²) in [5.41, 5.74) is 4.68. The van der Waals surface area contributed by atoms with Gasteiger partial charge in [-0.2, -0.15) is 0 Å². The summed E-state index contributed by atoms with van der Waals surface area (Å²) in [4.78, 5) is 17.8. The molecule has 0 saturated carbocycles. The van der Waals surface area contributed by atoms with Crippen LogP contribution in [0.4, 0.5) is 0 Å². The Kier molecular flexibility index (Phi) is 13.0. The topological polar surface area (TPSA) is 79.7 Å². The minimum absolute atomic E-state index is 0.0324. The van der Waals surface area contributed by atoms with Gasteiger partial charge in [0.1, 0.15) is 18.1 Å². The Morgan fingerprint density at radius 3 is 2.43 bits per heavy atom. The fraction of sp³-hybridized carbons (Fsp3) is 0.333. The van der Waals surface area contributed by atoms with E-state index in [1.54, 1.807) is 31.8 Å². The van der Waals surface area contributed by atoms with Gasteiger partial charge in [0.2, 0.25) is 0 Å². The van der Waals surface area contributed by atoms with E-state index in [0.29, 0.717) is 24.7 Å². The van der Waals surface area contributed by atoms with E-state index in [1.807, 2.05) is 71.3 Å². The van der Waals surface area contributed by atoms with Gasteiger partial charge in [-0.25, -0.2) is 4.98 Å². The van der Waals surface area contributed by atoms with Gasteiger partial charge in [-0.3, -0.25) is 9.00 Å². The maximum absolute atomic E-state index is 12.9. The molecule has 0 saturated heterocycles. The lowest BCUT2D eigenvalue weighted by Crippen LogP contribution is -2.07. The number of carbonyl (C=O) groups excluding carboxylic acids is 1. The van der Waals surface area contributed by atoms with Crippen LogP contribution in [0, 0.1) is 0 Å². The molecular formula is C36H42N2O5S. The first-order valence-electron chi connectivity index (χ1n) is 15.2. The smallest absolute Gasteiger partial charge is 0.160 e. The van der Waals surface area contributed by atoms with Gasteiger partial charge in [-0.15, -0.1) is 0 Å². The van der Waals surface area contributed by atoms with Crippen LogP contribution in [-0.4, -0.2) is 46.5 Å². The largest absolute Gasteiger partial charge is 0.496 e. The molecule has 0 N–H and O–H groups in total. The number of hydrogen-bond donors (Lipinski definition) is 0. The molecule has 7 nitrogen and oxygen atoms in total. The maximum atomic E-state index is 12.9. The molecule has 44 heavy (non-hydrogen) atoms. The first kappa shape index (κ1) is 32.9. The fourth-order valence-corrected chi connectivity index (χ4v) is 5.80. The third-order valence-electron chi connectivity index (χ3n) is 7.11. The van der Waals surface area contributed by atoms with Crippen molar-refractivity contribution < 1.29 is 23.2 Å². The Bertz CT molecular complexity index is 1530. The molecule has 1 atom stereocenters. The zero-order valence-corrected chi connectivity index (χ0v) is 26.7. The van der Waals surface area contributed by atoms with Crippen LogP contribution in [0.3, 0.4) is 0 Å². The zero-order valence-electron chi connectivity index (χ0n) is 25.9. The van der Waals surface area contributed by atoms with Crippen molar-refractivity contribution in [2.24, 2.45) is 0 Å². The minimum atomic E-state index is -1.19. The molecule has 3 aromatic carbocycles. The molecule has 4 aromatic rings. The number of ketones is 1. The van der Waals surface area contributed by atoms with Gasteiger partial charge >= 0.3 is 0 Å². The summed E-state index contributed by atoms with van der Waals surface area (Å²) in [5, 5.41) is 0. The van der Waals surface area contributed by atoms with Gasteiger partial charge in [-0.1, -0.05) is 50.6 Å². The molecule has 232 valence electrons. The Labute approximate surface area is 263 Å². The molecule has 0 spiro atoms. The highest BCUT2D eigenvalue weighted by Gasteiger charge is 2.11. The molecule has 0 aliphatic rings. The van der Waals surface area contributed by atoms with Crippen LogP contribution in [0.25, 0.3) is 17.2 Å². The summed E-state index contributed by atoms with van der Waals surface area (Å²) in [5.74, 6) is 1.86. The number of aromatic nitrogens is 2. The number of allylic oxidation sites excluding steroid dienone is 1. The highest BCUT2D eigenvalue weighted by Crippen LogP contribution is 2.29. The number of methoxy groups -OCH3 is 1. The zero-order chi connectivity index (χ0) is 31.1. The minimum Gasteiger partial charge on any atom is -0.496 e. The number of imidazole rings is 1. The summed E-state index contributed by atoms with van der Waals surface area (Å²) in [6, 6.07) is 21.3. The number of hydrogen-bond acceptors (Lipinski definition) is 6. The monoisotopic (exact) mass is 614 g/mol. The number of carbonyl (C=O) groups is 1. The maximum Gasteiger partial charge on any atom is 0.160 e. The van der Waals surface area contributed by atoms with Gasteiger partial charge in [0, 0.05) is 36.2 Å². The summed E-state index contributed by atoms with van der Waals surface area (Å²) in [6.07, 6.45) is 10.4. The van der Waals surface area contributed by atoms with Crippen molar-refractivity contribution in [1.82, 2.24) is 9.55 Å². The fourth-order valence-electron chi connectivity index (χ4n) is 4.68. The number of aryl methyl sites for hydroxylation is 1. The van der Waals surface area contributed by atoms with Crippen LogP contribution in [0.2, 0.25) is 0 Å². The number of benzene rings is 3. The predicted octanol–water partition coefficient (Wildman–Crippen LogP) is 7.30. The average Bonchev–Trinajstić information content (AvgIpc) is 3.48. The standard InChI is InChI=1S/C36H42N2O5S/c1-4-6-20-42-21-22-43-34-14-10-29(11-15-34)30-12-18-36(41-3)31(24-30)9-13-33(39)23-28-7-16-35(17-8-28)44(40)26-32-25-37-27-38(32)19-5-2/h7-18,24-25,27H,4-6,19-23,26H2,1-3H3/b13-9+/t44-/m1/s1. The van der Waals surface area contributed by atoms with E-state index in [4.69, 9.17) is 14.2 Å². The first-order chi connectivity index (χ1) is 21.5. The highest BCUT2D eigenvalue weighted by atomic mass is 32.2. The van der Waals surface area contributed by atoms with Gasteiger partial charge in [0.15, 0.2) is 5.78 Å². The molecule has 0 unspecified atom stereocenters. The van der Waals surface area contributed by atoms with E-state index in [-0.39, 0.29) is 12.2 Å². The van der Waals surface area contributed by atoms with Crippen molar-refractivity contribution in [2.45, 2.75) is 56.7 Å². The number of rotatable bonds is 18. The summed E-state index contributed by atoms with van der Waals surface area (Å²) in [7, 11) is 0.432. The van der Waals surface area contributed by atoms with E-state index in [1.165, 1.54) is 0 Å². The van der Waals surface area contributed by atoms with Gasteiger partial charge in [0.25, 0.3) is 0 Å². The SMILES string of the molecule is CCCCOCCOc1ccc(-c2ccc(OC)c(/C=C/C(=O)Cc3ccc([S@](=O)Cc4cncn4CCC)cc3)c2)cc1. The van der Waals surface area contributed by atoms with Gasteiger partial charge in [0.05, 0.1) is 42.3 Å². The lowest BCUT2D eigenvalue weighted by atomic mass is 10.0. The van der Waals surface area contributed by atoms with E-state index in [2.05, 4.69) is 18.8 Å². The Balaban J connectivity index is 1.33. The molecule has 8 heteroatoms. The molecule has 1 aromatic heterocycles. The van der Waals surface area contributed by atoms with Crippen LogP contribution in [0.15, 0.2) is 90.2 Å². The number of ether oxygens (including phenoxy) is 3. The van der Waals surface area contributed by atoms with Crippen LogP contribution >= 0.6 is 0 Å². The second kappa shape index (κ2) is 17.3. The third-order valence-corrected chi connectivity index (χ3v) is 8.47. The van der Waals surface area contributed by atoms with E-state index in [9.17, 15) is 9.00 Å². The van der Waals surface area contributed by atoms with Crippen molar-refractivity contribution in [2.75, 3.05) is 26.9 Å². The molecule has 4 rings (SSSR count). The summed E-state index contributed by atoms with van der Waals surface area (Å²) >= 11 is 0. The third kappa shape index (κ3) is 9.76. The Morgan fingerprint density at radius 2 is 1.70 bits per heavy atom. The molecule has 0 aliphatic heterocycles. The first-order valence-corrected chi connectivity index (χ1v) is 16.5. The highest BCUT2D eigenvalue weighted by molar-refractivity contribution is 7.84. The molecule has 0 fully saturated rings. The lowest BCUT2D eigenvalue weighted by Gasteiger charge is -2.10.